The molecule has 1 aliphatic rings. The van der Waals surface area contributed by atoms with Crippen LogP contribution in [0, 0.1) is 0 Å². The highest BCUT2D eigenvalue weighted by molar-refractivity contribution is 7.89. The van der Waals surface area contributed by atoms with Crippen molar-refractivity contribution in [2.45, 2.75) is 31.6 Å². The van der Waals surface area contributed by atoms with E-state index in [4.69, 9.17) is 4.74 Å². The zero-order valence-corrected chi connectivity index (χ0v) is 16.0. The van der Waals surface area contributed by atoms with Gasteiger partial charge in [0.2, 0.25) is 10.0 Å². The Hall–Kier alpha value is -1.64. The van der Waals surface area contributed by atoms with Crippen LogP contribution in [0.1, 0.15) is 26.7 Å². The molecule has 0 unspecified atom stereocenters. The molecule has 1 aliphatic heterocycles. The predicted octanol–water partition coefficient (Wildman–Crippen LogP) is 0.343. The summed E-state index contributed by atoms with van der Waals surface area (Å²) in [5, 5.41) is 2.81. The monoisotopic (exact) mass is 370 g/mol. The second kappa shape index (κ2) is 8.64. The minimum Gasteiger partial charge on any atom is -0.495 e. The van der Waals surface area contributed by atoms with Gasteiger partial charge in [0.05, 0.1) is 30.8 Å². The molecule has 0 spiro atoms. The Labute approximate surface area is 150 Å². The lowest BCUT2D eigenvalue weighted by atomic mass is 10.3. The van der Waals surface area contributed by atoms with Gasteiger partial charge in [0, 0.05) is 25.9 Å². The van der Waals surface area contributed by atoms with E-state index in [0.29, 0.717) is 31.1 Å². The summed E-state index contributed by atoms with van der Waals surface area (Å²) >= 11 is 0. The van der Waals surface area contributed by atoms with Crippen LogP contribution in [0.15, 0.2) is 23.1 Å². The molecule has 140 valence electrons. The zero-order chi connectivity index (χ0) is 18.4. The second-order valence-electron chi connectivity index (χ2n) is 6.13. The molecule has 0 aliphatic carbocycles. The Morgan fingerprint density at radius 1 is 1.24 bits per heavy atom. The summed E-state index contributed by atoms with van der Waals surface area (Å²) in [7, 11) is -2.09. The predicted molar refractivity (Wildman–Crippen MR) is 96.5 cm³/mol. The van der Waals surface area contributed by atoms with Crippen LogP contribution in [0.5, 0.6) is 5.75 Å². The fourth-order valence-electron chi connectivity index (χ4n) is 3.13. The molecular formula is C17H28N3O4S+. The number of carbonyl (C=O) groups excluding carboxylic acids is 1. The molecule has 1 aromatic carbocycles. The van der Waals surface area contributed by atoms with Gasteiger partial charge < -0.3 is 15.0 Å². The molecular weight excluding hydrogens is 342 g/mol. The van der Waals surface area contributed by atoms with Gasteiger partial charge >= 0.3 is 0 Å². The molecule has 0 radical (unpaired) electrons. The number of rotatable bonds is 8. The van der Waals surface area contributed by atoms with Crippen molar-refractivity contribution in [1.82, 2.24) is 4.31 Å². The number of amides is 1. The maximum absolute atomic E-state index is 12.7. The lowest BCUT2D eigenvalue weighted by Crippen LogP contribution is -3.11. The van der Waals surface area contributed by atoms with Crippen molar-refractivity contribution in [3.05, 3.63) is 18.2 Å². The molecule has 0 atom stereocenters. The quantitative estimate of drug-likeness (QED) is 0.692. The number of nitrogens with one attached hydrogen (secondary N) is 2. The molecule has 8 heteroatoms. The Bertz CT molecular complexity index is 696. The molecule has 7 nitrogen and oxygen atoms in total. The number of quaternary nitrogens is 1. The third-order valence-electron chi connectivity index (χ3n) is 4.51. The molecule has 1 fully saturated rings. The lowest BCUT2D eigenvalue weighted by Gasteiger charge is -2.20. The third kappa shape index (κ3) is 4.71. The Morgan fingerprint density at radius 2 is 1.88 bits per heavy atom. The van der Waals surface area contributed by atoms with Crippen LogP contribution in [-0.4, -0.2) is 58.5 Å². The van der Waals surface area contributed by atoms with Crippen LogP contribution >= 0.6 is 0 Å². The van der Waals surface area contributed by atoms with Crippen LogP contribution in [0.3, 0.4) is 0 Å². The summed E-state index contributed by atoms with van der Waals surface area (Å²) in [4.78, 5) is 13.7. The summed E-state index contributed by atoms with van der Waals surface area (Å²) < 4.78 is 32.0. The first-order valence-electron chi connectivity index (χ1n) is 8.74. The van der Waals surface area contributed by atoms with E-state index in [1.807, 2.05) is 0 Å². The van der Waals surface area contributed by atoms with Gasteiger partial charge in [0.15, 0.2) is 6.54 Å². The van der Waals surface area contributed by atoms with Crippen molar-refractivity contribution in [3.8, 4) is 5.75 Å². The van der Waals surface area contributed by atoms with Gasteiger partial charge in [-0.1, -0.05) is 13.8 Å². The van der Waals surface area contributed by atoms with Gasteiger partial charge in [-0.2, -0.15) is 4.31 Å². The Balaban J connectivity index is 2.23. The van der Waals surface area contributed by atoms with Crippen LogP contribution in [0.2, 0.25) is 0 Å². The number of methoxy groups -OCH3 is 1. The lowest BCUT2D eigenvalue weighted by molar-refractivity contribution is -0.878. The van der Waals surface area contributed by atoms with E-state index in [2.05, 4.69) is 5.32 Å². The standard InChI is InChI=1S/C17H27N3O4S/c1-4-20(5-2)25(22,23)14-8-9-16(24-3)15(12-14)18-17(21)13-19-10-6-7-11-19/h8-9,12H,4-7,10-11,13H2,1-3H3,(H,18,21)/p+1. The molecule has 1 aromatic rings. The summed E-state index contributed by atoms with van der Waals surface area (Å²) in [5.41, 5.74) is 0.388. The number of hydrogen-bond acceptors (Lipinski definition) is 4. The van der Waals surface area contributed by atoms with Crippen LogP contribution in [0.4, 0.5) is 5.69 Å². The largest absolute Gasteiger partial charge is 0.495 e. The highest BCUT2D eigenvalue weighted by Gasteiger charge is 2.24. The zero-order valence-electron chi connectivity index (χ0n) is 15.2. The van der Waals surface area contributed by atoms with Crippen LogP contribution in [-0.2, 0) is 14.8 Å². The number of sulfonamides is 1. The fourth-order valence-corrected chi connectivity index (χ4v) is 4.62. The molecule has 0 aromatic heterocycles. The van der Waals surface area contributed by atoms with Crippen molar-refractivity contribution in [2.75, 3.05) is 45.2 Å². The molecule has 0 saturated carbocycles. The number of carbonyl (C=O) groups is 1. The van der Waals surface area contributed by atoms with E-state index in [-0.39, 0.29) is 10.8 Å². The first kappa shape index (κ1) is 19.7. The van der Waals surface area contributed by atoms with Gasteiger partial charge in [-0.25, -0.2) is 8.42 Å². The van der Waals surface area contributed by atoms with Gasteiger partial charge in [-0.05, 0) is 18.2 Å². The van der Waals surface area contributed by atoms with E-state index in [1.54, 1.807) is 19.9 Å². The van der Waals surface area contributed by atoms with Crippen LogP contribution < -0.4 is 15.0 Å². The van der Waals surface area contributed by atoms with Crippen molar-refractivity contribution in [3.63, 3.8) is 0 Å². The van der Waals surface area contributed by atoms with E-state index in [9.17, 15) is 13.2 Å². The van der Waals surface area contributed by atoms with E-state index >= 15 is 0 Å². The number of benzene rings is 1. The smallest absolute Gasteiger partial charge is 0.279 e. The van der Waals surface area contributed by atoms with Crippen LogP contribution in [0.25, 0.3) is 0 Å². The average Bonchev–Trinajstić information content (AvgIpc) is 3.08. The Morgan fingerprint density at radius 3 is 2.44 bits per heavy atom. The SMILES string of the molecule is CCN(CC)S(=O)(=O)c1ccc(OC)c(NC(=O)C[NH+]2CCCC2)c1. The van der Waals surface area contributed by atoms with Crippen molar-refractivity contribution < 1.29 is 22.8 Å². The molecule has 1 heterocycles. The maximum atomic E-state index is 12.7. The maximum Gasteiger partial charge on any atom is 0.279 e. The summed E-state index contributed by atoms with van der Waals surface area (Å²) in [6, 6.07) is 4.56. The van der Waals surface area contributed by atoms with E-state index in [0.717, 1.165) is 25.9 Å². The number of nitrogens with zero attached hydrogens (tertiary/aromatic N) is 1. The number of anilines is 1. The van der Waals surface area contributed by atoms with Crippen molar-refractivity contribution in [2.24, 2.45) is 0 Å². The normalized spacial score (nSPS) is 15.5. The third-order valence-corrected chi connectivity index (χ3v) is 6.56. The van der Waals surface area contributed by atoms with E-state index in [1.165, 1.54) is 28.4 Å². The topological polar surface area (TPSA) is 80.2 Å². The minimum absolute atomic E-state index is 0.132. The molecule has 2 rings (SSSR count). The van der Waals surface area contributed by atoms with Gasteiger partial charge in [0.25, 0.3) is 5.91 Å². The summed E-state index contributed by atoms with van der Waals surface area (Å²) in [5.74, 6) is 0.316. The van der Waals surface area contributed by atoms with Gasteiger partial charge in [-0.15, -0.1) is 0 Å². The Kier molecular flexibility index (Phi) is 6.80. The van der Waals surface area contributed by atoms with Gasteiger partial charge in [0.1, 0.15) is 5.75 Å². The summed E-state index contributed by atoms with van der Waals surface area (Å²) in [6.45, 7) is 6.77. The highest BCUT2D eigenvalue weighted by atomic mass is 32.2. The number of ether oxygens (including phenoxy) is 1. The van der Waals surface area contributed by atoms with Crippen molar-refractivity contribution >= 4 is 21.6 Å². The van der Waals surface area contributed by atoms with Gasteiger partial charge in [-0.3, -0.25) is 4.79 Å². The molecule has 1 amide bonds. The first-order chi connectivity index (χ1) is 11.9. The summed E-state index contributed by atoms with van der Waals surface area (Å²) in [6.07, 6.45) is 2.28. The minimum atomic E-state index is -3.59. The highest BCUT2D eigenvalue weighted by Crippen LogP contribution is 2.28. The molecule has 2 N–H and O–H groups in total. The fraction of sp³-hybridized carbons (Fsp3) is 0.588. The first-order valence-corrected chi connectivity index (χ1v) is 10.2. The number of likely N-dealkylation sites (tertiary alicyclic amines) is 1. The molecule has 0 bridgehead atoms. The molecule has 25 heavy (non-hydrogen) atoms. The van der Waals surface area contributed by atoms with Crippen molar-refractivity contribution in [1.29, 1.82) is 0 Å². The molecule has 1 saturated heterocycles. The second-order valence-corrected chi connectivity index (χ2v) is 8.07. The number of hydrogen-bond donors (Lipinski definition) is 2. The average molecular weight is 370 g/mol. The van der Waals surface area contributed by atoms with E-state index < -0.39 is 10.0 Å².